The first-order chi connectivity index (χ1) is 9.72. The van der Waals surface area contributed by atoms with Crippen molar-refractivity contribution in [3.05, 3.63) is 34.8 Å². The number of alkyl halides is 3. The normalized spacial score (nSPS) is 17.0. The summed E-state index contributed by atoms with van der Waals surface area (Å²) < 4.78 is 63.9. The Bertz CT molecular complexity index is 671. The molecule has 9 heteroatoms. The second kappa shape index (κ2) is 5.84. The van der Waals surface area contributed by atoms with Gasteiger partial charge in [0.1, 0.15) is 10.9 Å². The maximum atomic E-state index is 12.4. The highest BCUT2D eigenvalue weighted by molar-refractivity contribution is 7.87. The number of hydrogen-bond donors (Lipinski definition) is 0. The lowest BCUT2D eigenvalue weighted by Gasteiger charge is -2.21. The molecule has 1 heterocycles. The van der Waals surface area contributed by atoms with E-state index in [2.05, 4.69) is 9.17 Å². The van der Waals surface area contributed by atoms with Crippen LogP contribution >= 0.6 is 11.6 Å². The van der Waals surface area contributed by atoms with Crippen LogP contribution in [0.25, 0.3) is 5.57 Å². The third kappa shape index (κ3) is 3.49. The minimum Gasteiger partial charge on any atom is -0.380 e. The smallest absolute Gasteiger partial charge is 0.380 e. The Balaban J connectivity index is 2.45. The summed E-state index contributed by atoms with van der Waals surface area (Å²) in [6, 6.07) is 3.14. The van der Waals surface area contributed by atoms with E-state index in [9.17, 15) is 21.6 Å². The molecular weight excluding hydrogens is 331 g/mol. The van der Waals surface area contributed by atoms with Crippen LogP contribution in [0.15, 0.2) is 24.1 Å². The third-order valence-corrected chi connectivity index (χ3v) is 4.28. The molecule has 0 atom stereocenters. The first-order valence-corrected chi connectivity index (χ1v) is 7.84. The summed E-state index contributed by atoms with van der Waals surface area (Å²) in [4.78, 5) is 3.84. The molecule has 1 aromatic rings. The van der Waals surface area contributed by atoms with E-state index in [-0.39, 0.29) is 17.3 Å². The van der Waals surface area contributed by atoms with Gasteiger partial charge in [-0.15, -0.1) is 0 Å². The summed E-state index contributed by atoms with van der Waals surface area (Å²) >= 11 is 5.91. The van der Waals surface area contributed by atoms with Crippen molar-refractivity contribution in [3.63, 3.8) is 0 Å². The van der Waals surface area contributed by atoms with Crippen LogP contribution in [0.4, 0.5) is 13.2 Å². The van der Waals surface area contributed by atoms with E-state index in [0.717, 1.165) is 0 Å². The number of hydrogen-bond acceptors (Lipinski definition) is 4. The molecule has 0 unspecified atom stereocenters. The van der Waals surface area contributed by atoms with Gasteiger partial charge >= 0.3 is 15.6 Å². The first-order valence-electron chi connectivity index (χ1n) is 6.06. The molecule has 0 saturated heterocycles. The molecule has 0 radical (unpaired) electrons. The maximum Gasteiger partial charge on any atom is 0.534 e. The van der Waals surface area contributed by atoms with Crippen LogP contribution in [-0.2, 0) is 14.3 Å². The van der Waals surface area contributed by atoms with Crippen LogP contribution in [0.2, 0.25) is 5.15 Å². The van der Waals surface area contributed by atoms with Gasteiger partial charge in [0, 0.05) is 23.8 Å². The molecule has 0 aliphatic heterocycles. The Morgan fingerprint density at radius 3 is 2.52 bits per heavy atom. The molecule has 1 aliphatic rings. The van der Waals surface area contributed by atoms with Gasteiger partial charge in [0.25, 0.3) is 0 Å². The van der Waals surface area contributed by atoms with E-state index < -0.39 is 15.6 Å². The highest BCUT2D eigenvalue weighted by atomic mass is 35.5. The zero-order valence-electron chi connectivity index (χ0n) is 10.7. The number of halogens is 4. The van der Waals surface area contributed by atoms with Gasteiger partial charge in [-0.25, -0.2) is 4.98 Å². The fourth-order valence-corrected chi connectivity index (χ4v) is 2.82. The molecule has 4 nitrogen and oxygen atoms in total. The molecule has 0 spiro atoms. The summed E-state index contributed by atoms with van der Waals surface area (Å²) in [5, 5.41) is 0.0971. The average Bonchev–Trinajstić information content (AvgIpc) is 2.38. The van der Waals surface area contributed by atoms with E-state index in [1.54, 1.807) is 12.1 Å². The lowest BCUT2D eigenvalue weighted by molar-refractivity contribution is -0.0523. The van der Waals surface area contributed by atoms with Crippen molar-refractivity contribution in [2.24, 2.45) is 0 Å². The molecule has 1 aromatic heterocycles. The largest absolute Gasteiger partial charge is 0.534 e. The second-order valence-corrected chi connectivity index (χ2v) is 6.33. The molecule has 0 fully saturated rings. The number of aromatic nitrogens is 1. The summed E-state index contributed by atoms with van der Waals surface area (Å²) in [7, 11) is -5.67. The van der Waals surface area contributed by atoms with Crippen molar-refractivity contribution < 1.29 is 25.8 Å². The van der Waals surface area contributed by atoms with Crippen LogP contribution in [0.1, 0.15) is 31.2 Å². The number of rotatable bonds is 3. The van der Waals surface area contributed by atoms with Crippen molar-refractivity contribution >= 4 is 27.3 Å². The molecule has 0 bridgehead atoms. The quantitative estimate of drug-likeness (QED) is 0.475. The van der Waals surface area contributed by atoms with Gasteiger partial charge in [0.05, 0.1) is 0 Å². The van der Waals surface area contributed by atoms with Crippen LogP contribution < -0.4 is 0 Å². The molecule has 0 saturated carbocycles. The Morgan fingerprint density at radius 2 is 1.90 bits per heavy atom. The fourth-order valence-electron chi connectivity index (χ4n) is 2.05. The summed E-state index contributed by atoms with van der Waals surface area (Å²) in [5.41, 5.74) is -4.71. The Morgan fingerprint density at radius 1 is 1.24 bits per heavy atom. The van der Waals surface area contributed by atoms with Gasteiger partial charge in [-0.3, -0.25) is 0 Å². The predicted molar refractivity (Wildman–Crippen MR) is 70.7 cm³/mol. The maximum absolute atomic E-state index is 12.4. The van der Waals surface area contributed by atoms with Crippen LogP contribution in [0.3, 0.4) is 0 Å². The number of pyridine rings is 1. The van der Waals surface area contributed by atoms with Crippen molar-refractivity contribution in [1.82, 2.24) is 4.98 Å². The standard InChI is InChI=1S/C12H11ClF3NO3S/c13-11-9(5-3-7-17-11)8-4-1-2-6-10(8)20-21(18,19)12(14,15)16/h3,5,7H,1-2,4,6H2. The lowest BCUT2D eigenvalue weighted by atomic mass is 9.93. The van der Waals surface area contributed by atoms with Gasteiger partial charge in [-0.05, 0) is 31.4 Å². The average molecular weight is 342 g/mol. The van der Waals surface area contributed by atoms with Gasteiger partial charge in [-0.1, -0.05) is 11.6 Å². The molecule has 2 rings (SSSR count). The van der Waals surface area contributed by atoms with E-state index in [0.29, 0.717) is 30.4 Å². The minimum atomic E-state index is -5.67. The molecule has 1 aliphatic carbocycles. The Labute approximate surface area is 124 Å². The molecular formula is C12H11ClF3NO3S. The second-order valence-electron chi connectivity index (χ2n) is 4.43. The summed E-state index contributed by atoms with van der Waals surface area (Å²) in [6.07, 6.45) is 3.18. The SMILES string of the molecule is O=S(=O)(OC1=C(c2cccnc2Cl)CCCC1)C(F)(F)F. The highest BCUT2D eigenvalue weighted by Crippen LogP contribution is 2.38. The number of nitrogens with zero attached hydrogens (tertiary/aromatic N) is 1. The first kappa shape index (κ1) is 16.1. The topological polar surface area (TPSA) is 56.3 Å². The van der Waals surface area contributed by atoms with Crippen molar-refractivity contribution in [3.8, 4) is 0 Å². The third-order valence-electron chi connectivity index (χ3n) is 3.00. The zero-order chi connectivity index (χ0) is 15.7. The summed E-state index contributed by atoms with van der Waals surface area (Å²) in [6.45, 7) is 0. The van der Waals surface area contributed by atoms with Gasteiger partial charge in [0.15, 0.2) is 0 Å². The number of allylic oxidation sites excluding steroid dienone is 2. The van der Waals surface area contributed by atoms with Gasteiger partial charge in [-0.2, -0.15) is 21.6 Å². The monoisotopic (exact) mass is 341 g/mol. The van der Waals surface area contributed by atoms with Crippen LogP contribution in [-0.4, -0.2) is 18.9 Å². The zero-order valence-corrected chi connectivity index (χ0v) is 12.2. The van der Waals surface area contributed by atoms with Crippen molar-refractivity contribution in [2.45, 2.75) is 31.2 Å². The molecule has 0 aromatic carbocycles. The van der Waals surface area contributed by atoms with Crippen molar-refractivity contribution in [1.29, 1.82) is 0 Å². The van der Waals surface area contributed by atoms with Crippen LogP contribution in [0, 0.1) is 0 Å². The Hall–Kier alpha value is -1.28. The molecule has 0 N–H and O–H groups in total. The van der Waals surface area contributed by atoms with E-state index >= 15 is 0 Å². The molecule has 21 heavy (non-hydrogen) atoms. The lowest BCUT2D eigenvalue weighted by Crippen LogP contribution is -2.26. The van der Waals surface area contributed by atoms with Gasteiger partial charge < -0.3 is 4.18 Å². The Kier molecular flexibility index (Phi) is 4.48. The minimum absolute atomic E-state index is 0.0971. The van der Waals surface area contributed by atoms with E-state index in [1.807, 2.05) is 0 Å². The van der Waals surface area contributed by atoms with Crippen LogP contribution in [0.5, 0.6) is 0 Å². The molecule has 116 valence electrons. The van der Waals surface area contributed by atoms with E-state index in [4.69, 9.17) is 11.6 Å². The van der Waals surface area contributed by atoms with E-state index in [1.165, 1.54) is 6.20 Å². The molecule has 0 amide bonds. The van der Waals surface area contributed by atoms with Crippen molar-refractivity contribution in [2.75, 3.05) is 0 Å². The highest BCUT2D eigenvalue weighted by Gasteiger charge is 2.49. The fraction of sp³-hybridized carbons (Fsp3) is 0.417. The summed E-state index contributed by atoms with van der Waals surface area (Å²) in [5.74, 6) is -0.214. The van der Waals surface area contributed by atoms with Gasteiger partial charge in [0.2, 0.25) is 0 Å². The predicted octanol–water partition coefficient (Wildman–Crippen LogP) is 3.89.